The van der Waals surface area contributed by atoms with Crippen LogP contribution in [-0.2, 0) is 4.79 Å². The minimum Gasteiger partial charge on any atom is -0.376 e. The smallest absolute Gasteiger partial charge is 0.255 e. The van der Waals surface area contributed by atoms with Crippen molar-refractivity contribution < 1.29 is 9.59 Å². The summed E-state index contributed by atoms with van der Waals surface area (Å²) in [6.07, 6.45) is 3.10. The first-order chi connectivity index (χ1) is 13.6. The van der Waals surface area contributed by atoms with Gasteiger partial charge in [0.2, 0.25) is 5.91 Å². The molecule has 0 unspecified atom stereocenters. The molecule has 0 aliphatic heterocycles. The van der Waals surface area contributed by atoms with E-state index in [1.807, 2.05) is 6.07 Å². The lowest BCUT2D eigenvalue weighted by Crippen LogP contribution is -2.21. The van der Waals surface area contributed by atoms with Crippen molar-refractivity contribution in [2.75, 3.05) is 22.5 Å². The third-order valence-electron chi connectivity index (χ3n) is 3.81. The van der Waals surface area contributed by atoms with Crippen LogP contribution in [0.2, 0.25) is 0 Å². The van der Waals surface area contributed by atoms with Gasteiger partial charge in [0.15, 0.2) is 0 Å². The third kappa shape index (κ3) is 5.16. The monoisotopic (exact) mass is 371 g/mol. The Labute approximate surface area is 162 Å². The molecule has 138 valence electrons. The Kier molecular flexibility index (Phi) is 5.95. The second-order valence-corrected chi connectivity index (χ2v) is 5.86. The van der Waals surface area contributed by atoms with Gasteiger partial charge in [0.25, 0.3) is 5.91 Å². The number of amides is 2. The lowest BCUT2D eigenvalue weighted by Gasteiger charge is -2.10. The van der Waals surface area contributed by atoms with E-state index in [9.17, 15) is 9.59 Å². The van der Waals surface area contributed by atoms with E-state index >= 15 is 0 Å². The maximum atomic E-state index is 12.2. The molecule has 1 heterocycles. The summed E-state index contributed by atoms with van der Waals surface area (Å²) in [5.74, 6) is -0.490. The molecule has 7 heteroatoms. The van der Waals surface area contributed by atoms with Gasteiger partial charge in [0, 0.05) is 35.0 Å². The summed E-state index contributed by atoms with van der Waals surface area (Å²) >= 11 is 0. The average molecular weight is 371 g/mol. The summed E-state index contributed by atoms with van der Waals surface area (Å²) in [5, 5.41) is 17.3. The Balaban J connectivity index is 1.55. The van der Waals surface area contributed by atoms with Crippen LogP contribution >= 0.6 is 0 Å². The maximum Gasteiger partial charge on any atom is 0.255 e. The maximum absolute atomic E-state index is 12.2. The predicted octanol–water partition coefficient (Wildman–Crippen LogP) is 3.26. The van der Waals surface area contributed by atoms with Gasteiger partial charge in [0.1, 0.15) is 0 Å². The first-order valence-corrected chi connectivity index (χ1v) is 8.49. The molecule has 0 radical (unpaired) electrons. The fraction of sp³-hybridized carbons (Fsp3) is 0.0476. The van der Waals surface area contributed by atoms with Crippen molar-refractivity contribution >= 4 is 28.9 Å². The quantitative estimate of drug-likeness (QED) is 0.616. The second kappa shape index (κ2) is 8.96. The van der Waals surface area contributed by atoms with Crippen molar-refractivity contribution in [3.8, 4) is 6.07 Å². The molecule has 0 aliphatic carbocycles. The molecule has 0 saturated carbocycles. The van der Waals surface area contributed by atoms with Crippen LogP contribution in [0.25, 0.3) is 0 Å². The van der Waals surface area contributed by atoms with E-state index in [4.69, 9.17) is 5.26 Å². The molecule has 2 amide bonds. The number of carbonyl (C=O) groups excluding carboxylic acids is 2. The van der Waals surface area contributed by atoms with Crippen LogP contribution in [-0.4, -0.2) is 23.3 Å². The van der Waals surface area contributed by atoms with Gasteiger partial charge >= 0.3 is 0 Å². The molecule has 1 aromatic heterocycles. The summed E-state index contributed by atoms with van der Waals surface area (Å²) in [5.41, 5.74) is 2.93. The summed E-state index contributed by atoms with van der Waals surface area (Å²) < 4.78 is 0. The number of rotatable bonds is 6. The van der Waals surface area contributed by atoms with Crippen LogP contribution in [0.3, 0.4) is 0 Å². The number of nitriles is 1. The van der Waals surface area contributed by atoms with Crippen molar-refractivity contribution in [2.45, 2.75) is 0 Å². The van der Waals surface area contributed by atoms with Gasteiger partial charge in [-0.3, -0.25) is 14.6 Å². The second-order valence-electron chi connectivity index (χ2n) is 5.86. The van der Waals surface area contributed by atoms with Crippen LogP contribution in [0.1, 0.15) is 15.9 Å². The zero-order chi connectivity index (χ0) is 19.8. The number of pyridine rings is 1. The Bertz CT molecular complexity index is 1010. The van der Waals surface area contributed by atoms with E-state index in [1.165, 1.54) is 0 Å². The largest absolute Gasteiger partial charge is 0.376 e. The highest BCUT2D eigenvalue weighted by molar-refractivity contribution is 6.04. The van der Waals surface area contributed by atoms with Crippen LogP contribution in [0.15, 0.2) is 73.1 Å². The number of hydrogen-bond donors (Lipinski definition) is 3. The number of carbonyl (C=O) groups is 2. The summed E-state index contributed by atoms with van der Waals surface area (Å²) in [7, 11) is 0. The number of nitrogens with zero attached hydrogens (tertiary/aromatic N) is 2. The molecule has 0 aliphatic rings. The van der Waals surface area contributed by atoms with Gasteiger partial charge in [-0.1, -0.05) is 6.07 Å². The highest BCUT2D eigenvalue weighted by Gasteiger charge is 2.07. The molecule has 0 atom stereocenters. The topological polar surface area (TPSA) is 107 Å². The van der Waals surface area contributed by atoms with E-state index in [0.29, 0.717) is 22.5 Å². The normalized spacial score (nSPS) is 9.82. The van der Waals surface area contributed by atoms with Crippen LogP contribution in [0, 0.1) is 11.3 Å². The predicted molar refractivity (Wildman–Crippen MR) is 107 cm³/mol. The lowest BCUT2D eigenvalue weighted by molar-refractivity contribution is -0.114. The van der Waals surface area contributed by atoms with Gasteiger partial charge in [-0.15, -0.1) is 0 Å². The molecule has 3 rings (SSSR count). The SMILES string of the molecule is N#Cc1ccc(NCC(=O)Nc2cccc(NC(=O)c3ccncc3)c2)cc1. The Morgan fingerprint density at radius 2 is 1.57 bits per heavy atom. The van der Waals surface area contributed by atoms with Crippen LogP contribution < -0.4 is 16.0 Å². The summed E-state index contributed by atoms with van der Waals surface area (Å²) in [6, 6.07) is 19.0. The third-order valence-corrected chi connectivity index (χ3v) is 3.81. The highest BCUT2D eigenvalue weighted by Crippen LogP contribution is 2.16. The van der Waals surface area contributed by atoms with Crippen molar-refractivity contribution in [1.82, 2.24) is 4.98 Å². The van der Waals surface area contributed by atoms with E-state index in [-0.39, 0.29) is 18.4 Å². The molecular weight excluding hydrogens is 354 g/mol. The molecule has 3 aromatic rings. The molecular formula is C21H17N5O2. The molecule has 28 heavy (non-hydrogen) atoms. The fourth-order valence-electron chi connectivity index (χ4n) is 2.43. The Morgan fingerprint density at radius 3 is 2.25 bits per heavy atom. The minimum atomic E-state index is -0.256. The van der Waals surface area contributed by atoms with Gasteiger partial charge in [-0.25, -0.2) is 0 Å². The standard InChI is InChI=1S/C21H17N5O2/c22-13-15-4-6-17(7-5-15)24-14-20(27)25-18-2-1-3-19(12-18)26-21(28)16-8-10-23-11-9-16/h1-12,24H,14H2,(H,25,27)(H,26,28). The first-order valence-electron chi connectivity index (χ1n) is 8.49. The molecule has 3 N–H and O–H groups in total. The zero-order valence-electron chi connectivity index (χ0n) is 14.8. The van der Waals surface area contributed by atoms with E-state index in [2.05, 4.69) is 20.9 Å². The molecule has 7 nitrogen and oxygen atoms in total. The number of benzene rings is 2. The lowest BCUT2D eigenvalue weighted by atomic mass is 10.2. The van der Waals surface area contributed by atoms with E-state index in [0.717, 1.165) is 5.69 Å². The fourth-order valence-corrected chi connectivity index (χ4v) is 2.43. The molecule has 0 bridgehead atoms. The molecule has 0 saturated heterocycles. The number of aromatic nitrogens is 1. The van der Waals surface area contributed by atoms with Crippen molar-refractivity contribution in [3.05, 3.63) is 84.2 Å². The zero-order valence-corrected chi connectivity index (χ0v) is 14.8. The van der Waals surface area contributed by atoms with E-state index < -0.39 is 0 Å². The summed E-state index contributed by atoms with van der Waals surface area (Å²) in [6.45, 7) is 0.0690. The van der Waals surface area contributed by atoms with Crippen LogP contribution in [0.5, 0.6) is 0 Å². The number of hydrogen-bond acceptors (Lipinski definition) is 5. The van der Waals surface area contributed by atoms with Crippen LogP contribution in [0.4, 0.5) is 17.1 Å². The first kappa shape index (κ1) is 18.6. The molecule has 0 spiro atoms. The number of nitrogens with one attached hydrogen (secondary N) is 3. The molecule has 0 fully saturated rings. The average Bonchev–Trinajstić information content (AvgIpc) is 2.73. The molecule has 2 aromatic carbocycles. The van der Waals surface area contributed by atoms with Gasteiger partial charge in [0.05, 0.1) is 18.2 Å². The number of anilines is 3. The van der Waals surface area contributed by atoms with Gasteiger partial charge in [-0.05, 0) is 54.6 Å². The van der Waals surface area contributed by atoms with Crippen molar-refractivity contribution in [1.29, 1.82) is 5.26 Å². The minimum absolute atomic E-state index is 0.0690. The summed E-state index contributed by atoms with van der Waals surface area (Å²) in [4.78, 5) is 28.2. The highest BCUT2D eigenvalue weighted by atomic mass is 16.2. The van der Waals surface area contributed by atoms with Crippen molar-refractivity contribution in [3.63, 3.8) is 0 Å². The Hall–Kier alpha value is -4.18. The van der Waals surface area contributed by atoms with Gasteiger partial charge < -0.3 is 16.0 Å². The van der Waals surface area contributed by atoms with E-state index in [1.54, 1.807) is 73.1 Å². The van der Waals surface area contributed by atoms with Crippen molar-refractivity contribution in [2.24, 2.45) is 0 Å². The van der Waals surface area contributed by atoms with Gasteiger partial charge in [-0.2, -0.15) is 5.26 Å². The Morgan fingerprint density at radius 1 is 0.893 bits per heavy atom.